The maximum absolute atomic E-state index is 12.1. The van der Waals surface area contributed by atoms with Crippen molar-refractivity contribution in [3.63, 3.8) is 0 Å². The number of benzene rings is 2. The van der Waals surface area contributed by atoms with Gasteiger partial charge in [-0.3, -0.25) is 4.79 Å². The van der Waals surface area contributed by atoms with Crippen molar-refractivity contribution < 1.29 is 4.79 Å². The average Bonchev–Trinajstić information content (AvgIpc) is 3.03. The predicted octanol–water partition coefficient (Wildman–Crippen LogP) is 3.89. The van der Waals surface area contributed by atoms with E-state index in [4.69, 9.17) is 11.6 Å². The van der Waals surface area contributed by atoms with Crippen molar-refractivity contribution in [3.8, 4) is 0 Å². The average molecular weight is 315 g/mol. The molecule has 3 rings (SSSR count). The summed E-state index contributed by atoms with van der Waals surface area (Å²) in [6, 6.07) is 15.5. The van der Waals surface area contributed by atoms with Gasteiger partial charge in [-0.15, -0.1) is 0 Å². The molecule has 2 N–H and O–H groups in total. The van der Waals surface area contributed by atoms with Crippen molar-refractivity contribution >= 4 is 23.2 Å². The molecule has 1 heterocycles. The van der Waals surface area contributed by atoms with Crippen LogP contribution in [0.2, 0.25) is 5.02 Å². The quantitative estimate of drug-likeness (QED) is 0.899. The number of hydrogen-bond donors (Lipinski definition) is 2. The van der Waals surface area contributed by atoms with E-state index >= 15 is 0 Å². The van der Waals surface area contributed by atoms with E-state index in [2.05, 4.69) is 22.8 Å². The van der Waals surface area contributed by atoms with Crippen molar-refractivity contribution in [1.29, 1.82) is 0 Å². The Labute approximate surface area is 135 Å². The summed E-state index contributed by atoms with van der Waals surface area (Å²) < 4.78 is 0. The maximum atomic E-state index is 12.1. The minimum atomic E-state index is -0.123. The summed E-state index contributed by atoms with van der Waals surface area (Å²) in [7, 11) is 0. The molecule has 2 aromatic rings. The molecule has 4 heteroatoms. The summed E-state index contributed by atoms with van der Waals surface area (Å²) >= 11 is 5.83. The van der Waals surface area contributed by atoms with Crippen LogP contribution < -0.4 is 10.6 Å². The van der Waals surface area contributed by atoms with Crippen LogP contribution in [0, 0.1) is 0 Å². The zero-order valence-corrected chi connectivity index (χ0v) is 13.1. The van der Waals surface area contributed by atoms with Crippen molar-refractivity contribution in [2.75, 3.05) is 11.9 Å². The van der Waals surface area contributed by atoms with Crippen LogP contribution in [0.5, 0.6) is 0 Å². The van der Waals surface area contributed by atoms with Crippen LogP contribution in [-0.4, -0.2) is 18.5 Å². The summed E-state index contributed by atoms with van der Waals surface area (Å²) in [6.07, 6.45) is 3.56. The molecule has 0 aromatic heterocycles. The number of carbonyl (C=O) groups excluding carboxylic acids is 1. The molecule has 0 aliphatic carbocycles. The van der Waals surface area contributed by atoms with Gasteiger partial charge in [-0.2, -0.15) is 0 Å². The number of amides is 1. The molecular formula is C18H19ClN2O. The molecule has 1 fully saturated rings. The fourth-order valence-electron chi connectivity index (χ4n) is 2.74. The Morgan fingerprint density at radius 1 is 1.14 bits per heavy atom. The van der Waals surface area contributed by atoms with Gasteiger partial charge >= 0.3 is 0 Å². The summed E-state index contributed by atoms with van der Waals surface area (Å²) in [6.45, 7) is 1.12. The number of nitrogens with one attached hydrogen (secondary N) is 2. The van der Waals surface area contributed by atoms with E-state index < -0.39 is 0 Å². The Kier molecular flexibility index (Phi) is 4.76. The summed E-state index contributed by atoms with van der Waals surface area (Å²) in [5, 5.41) is 7.02. The summed E-state index contributed by atoms with van der Waals surface area (Å²) in [4.78, 5) is 12.1. The van der Waals surface area contributed by atoms with Crippen LogP contribution in [0.3, 0.4) is 0 Å². The fourth-order valence-corrected chi connectivity index (χ4v) is 2.87. The van der Waals surface area contributed by atoms with Crippen LogP contribution in [0.15, 0.2) is 48.5 Å². The van der Waals surface area contributed by atoms with E-state index in [0.717, 1.165) is 18.7 Å². The molecule has 2 aromatic carbocycles. The lowest BCUT2D eigenvalue weighted by Crippen LogP contribution is -2.23. The minimum Gasteiger partial charge on any atom is -0.322 e. The second-order valence-electron chi connectivity index (χ2n) is 5.66. The lowest BCUT2D eigenvalue weighted by molar-refractivity contribution is 0.102. The van der Waals surface area contributed by atoms with Gasteiger partial charge in [-0.25, -0.2) is 0 Å². The van der Waals surface area contributed by atoms with E-state index in [1.165, 1.54) is 18.4 Å². The highest BCUT2D eigenvalue weighted by Gasteiger charge is 2.14. The molecule has 1 saturated heterocycles. The molecule has 1 unspecified atom stereocenters. The molecule has 1 amide bonds. The molecule has 0 spiro atoms. The third kappa shape index (κ3) is 3.87. The van der Waals surface area contributed by atoms with E-state index in [-0.39, 0.29) is 5.91 Å². The van der Waals surface area contributed by atoms with E-state index in [1.54, 1.807) is 24.3 Å². The van der Waals surface area contributed by atoms with Gasteiger partial charge in [-0.1, -0.05) is 23.7 Å². The Morgan fingerprint density at radius 3 is 2.50 bits per heavy atom. The summed E-state index contributed by atoms with van der Waals surface area (Å²) in [5.74, 6) is -0.123. The smallest absolute Gasteiger partial charge is 0.255 e. The van der Waals surface area contributed by atoms with Gasteiger partial charge in [0.2, 0.25) is 0 Å². The van der Waals surface area contributed by atoms with Gasteiger partial charge in [0.1, 0.15) is 0 Å². The van der Waals surface area contributed by atoms with Gasteiger partial charge in [0, 0.05) is 22.3 Å². The Morgan fingerprint density at radius 2 is 1.86 bits per heavy atom. The van der Waals surface area contributed by atoms with Gasteiger partial charge in [0.15, 0.2) is 0 Å². The number of anilines is 1. The Bertz CT molecular complexity index is 631. The Balaban J connectivity index is 1.60. The predicted molar refractivity (Wildman–Crippen MR) is 90.6 cm³/mol. The lowest BCUT2D eigenvalue weighted by atomic mass is 10.0. The maximum Gasteiger partial charge on any atom is 0.255 e. The second-order valence-corrected chi connectivity index (χ2v) is 6.09. The SMILES string of the molecule is O=C(Nc1ccc(CC2CCCN2)cc1)c1ccc(Cl)cc1. The fraction of sp³-hybridized carbons (Fsp3) is 0.278. The monoisotopic (exact) mass is 314 g/mol. The van der Waals surface area contributed by atoms with Crippen molar-refractivity contribution in [1.82, 2.24) is 5.32 Å². The second kappa shape index (κ2) is 6.95. The van der Waals surface area contributed by atoms with Gasteiger partial charge in [0.05, 0.1) is 0 Å². The first-order valence-corrected chi connectivity index (χ1v) is 7.98. The number of halogens is 1. The zero-order valence-electron chi connectivity index (χ0n) is 12.3. The van der Waals surface area contributed by atoms with Crippen LogP contribution >= 0.6 is 11.6 Å². The molecule has 0 radical (unpaired) electrons. The molecule has 1 aliphatic rings. The third-order valence-corrected chi connectivity index (χ3v) is 4.21. The highest BCUT2D eigenvalue weighted by atomic mass is 35.5. The third-order valence-electron chi connectivity index (χ3n) is 3.96. The van der Waals surface area contributed by atoms with E-state index in [1.807, 2.05) is 12.1 Å². The van der Waals surface area contributed by atoms with Gasteiger partial charge in [-0.05, 0) is 67.8 Å². The normalized spacial score (nSPS) is 17.4. The Hall–Kier alpha value is -1.84. The minimum absolute atomic E-state index is 0.123. The highest BCUT2D eigenvalue weighted by Crippen LogP contribution is 2.16. The van der Waals surface area contributed by atoms with Crippen molar-refractivity contribution in [3.05, 3.63) is 64.7 Å². The molecule has 114 valence electrons. The van der Waals surface area contributed by atoms with Crippen LogP contribution in [0.1, 0.15) is 28.8 Å². The first-order valence-electron chi connectivity index (χ1n) is 7.60. The summed E-state index contributed by atoms with van der Waals surface area (Å²) in [5.41, 5.74) is 2.70. The van der Waals surface area contributed by atoms with Crippen LogP contribution in [0.25, 0.3) is 0 Å². The standard InChI is InChI=1S/C18H19ClN2O/c19-15-7-5-14(6-8-15)18(22)21-16-9-3-13(4-10-16)12-17-2-1-11-20-17/h3-10,17,20H,1-2,11-12H2,(H,21,22). The largest absolute Gasteiger partial charge is 0.322 e. The molecule has 0 bridgehead atoms. The van der Waals surface area contributed by atoms with Crippen molar-refractivity contribution in [2.24, 2.45) is 0 Å². The van der Waals surface area contributed by atoms with Crippen LogP contribution in [0.4, 0.5) is 5.69 Å². The number of rotatable bonds is 4. The highest BCUT2D eigenvalue weighted by molar-refractivity contribution is 6.30. The number of carbonyl (C=O) groups is 1. The van der Waals surface area contributed by atoms with E-state index in [9.17, 15) is 4.79 Å². The topological polar surface area (TPSA) is 41.1 Å². The van der Waals surface area contributed by atoms with E-state index in [0.29, 0.717) is 16.6 Å². The van der Waals surface area contributed by atoms with Gasteiger partial charge in [0.25, 0.3) is 5.91 Å². The molecule has 3 nitrogen and oxygen atoms in total. The molecule has 1 aliphatic heterocycles. The lowest BCUT2D eigenvalue weighted by Gasteiger charge is -2.11. The molecular weight excluding hydrogens is 296 g/mol. The molecule has 0 saturated carbocycles. The van der Waals surface area contributed by atoms with Gasteiger partial charge < -0.3 is 10.6 Å². The molecule has 22 heavy (non-hydrogen) atoms. The first kappa shape index (κ1) is 15.1. The zero-order chi connectivity index (χ0) is 15.4. The first-order chi connectivity index (χ1) is 10.7. The molecule has 1 atom stereocenters. The van der Waals surface area contributed by atoms with Crippen LogP contribution in [-0.2, 0) is 6.42 Å². The van der Waals surface area contributed by atoms with Crippen molar-refractivity contribution in [2.45, 2.75) is 25.3 Å². The number of hydrogen-bond acceptors (Lipinski definition) is 2.